The first-order valence-electron chi connectivity index (χ1n) is 9.53. The summed E-state index contributed by atoms with van der Waals surface area (Å²) in [4.78, 5) is 20.1. The monoisotopic (exact) mass is 430 g/mol. The lowest BCUT2D eigenvalue weighted by Crippen LogP contribution is -2.34. The van der Waals surface area contributed by atoms with E-state index in [9.17, 15) is 13.2 Å². The number of aliphatic hydroxyl groups excluding tert-OH is 1. The SMILES string of the molecule is CCc1ncc(CN2CCC(Cn3cc(CO)nn3)CC2)cn1.O=C(O)C(F)(F)F. The predicted molar refractivity (Wildman–Crippen MR) is 99.0 cm³/mol. The Morgan fingerprint density at radius 1 is 1.23 bits per heavy atom. The summed E-state index contributed by atoms with van der Waals surface area (Å²) in [6.45, 7) is 6.00. The van der Waals surface area contributed by atoms with Gasteiger partial charge in [-0.05, 0) is 31.8 Å². The molecular formula is C18H25F3N6O3. The van der Waals surface area contributed by atoms with E-state index in [2.05, 4.69) is 32.1 Å². The molecular weight excluding hydrogens is 405 g/mol. The van der Waals surface area contributed by atoms with Gasteiger partial charge in [-0.3, -0.25) is 9.58 Å². The summed E-state index contributed by atoms with van der Waals surface area (Å²) in [6, 6.07) is 0. The molecule has 166 valence electrons. The Morgan fingerprint density at radius 3 is 2.30 bits per heavy atom. The lowest BCUT2D eigenvalue weighted by Gasteiger charge is -2.31. The molecule has 0 aromatic carbocycles. The van der Waals surface area contributed by atoms with E-state index in [0.29, 0.717) is 11.6 Å². The first-order valence-corrected chi connectivity index (χ1v) is 9.53. The molecule has 1 saturated heterocycles. The molecule has 0 unspecified atom stereocenters. The molecule has 0 spiro atoms. The van der Waals surface area contributed by atoms with Crippen LogP contribution in [0.1, 0.15) is 36.8 Å². The van der Waals surface area contributed by atoms with Crippen molar-refractivity contribution in [3.63, 3.8) is 0 Å². The summed E-state index contributed by atoms with van der Waals surface area (Å²) in [5, 5.41) is 24.1. The fourth-order valence-corrected chi connectivity index (χ4v) is 3.00. The van der Waals surface area contributed by atoms with E-state index in [1.54, 1.807) is 0 Å². The van der Waals surface area contributed by atoms with Crippen LogP contribution >= 0.6 is 0 Å². The minimum atomic E-state index is -5.08. The van der Waals surface area contributed by atoms with Gasteiger partial charge >= 0.3 is 12.1 Å². The largest absolute Gasteiger partial charge is 0.490 e. The van der Waals surface area contributed by atoms with Crippen LogP contribution in [0.5, 0.6) is 0 Å². The average molecular weight is 430 g/mol. The minimum absolute atomic E-state index is 0.0443. The van der Waals surface area contributed by atoms with Crippen LogP contribution in [0.25, 0.3) is 0 Å². The van der Waals surface area contributed by atoms with Crippen molar-refractivity contribution in [1.29, 1.82) is 0 Å². The van der Waals surface area contributed by atoms with Crippen LogP contribution in [0.3, 0.4) is 0 Å². The zero-order valence-electron chi connectivity index (χ0n) is 16.6. The molecule has 0 radical (unpaired) electrons. The fraction of sp³-hybridized carbons (Fsp3) is 0.611. The maximum Gasteiger partial charge on any atom is 0.490 e. The molecule has 2 N–H and O–H groups in total. The first kappa shape index (κ1) is 23.7. The highest BCUT2D eigenvalue weighted by molar-refractivity contribution is 5.73. The molecule has 1 fully saturated rings. The third-order valence-electron chi connectivity index (χ3n) is 4.62. The predicted octanol–water partition coefficient (Wildman–Crippen LogP) is 1.67. The number of aliphatic hydroxyl groups is 1. The van der Waals surface area contributed by atoms with Crippen molar-refractivity contribution in [1.82, 2.24) is 29.9 Å². The number of hydrogen-bond donors (Lipinski definition) is 2. The molecule has 3 rings (SSSR count). The van der Waals surface area contributed by atoms with Crippen molar-refractivity contribution in [3.05, 3.63) is 35.7 Å². The number of aryl methyl sites for hydroxylation is 1. The lowest BCUT2D eigenvalue weighted by atomic mass is 9.96. The Kier molecular flexibility index (Phi) is 8.66. The smallest absolute Gasteiger partial charge is 0.475 e. The highest BCUT2D eigenvalue weighted by Gasteiger charge is 2.38. The second-order valence-electron chi connectivity index (χ2n) is 6.97. The Bertz CT molecular complexity index is 789. The van der Waals surface area contributed by atoms with Gasteiger partial charge in [-0.25, -0.2) is 14.8 Å². The topological polar surface area (TPSA) is 117 Å². The van der Waals surface area contributed by atoms with Gasteiger partial charge in [0.1, 0.15) is 11.5 Å². The summed E-state index contributed by atoms with van der Waals surface area (Å²) in [5.74, 6) is -1.23. The van der Waals surface area contributed by atoms with Crippen molar-refractivity contribution < 1.29 is 28.2 Å². The third-order valence-corrected chi connectivity index (χ3v) is 4.62. The Morgan fingerprint density at radius 2 is 1.83 bits per heavy atom. The zero-order chi connectivity index (χ0) is 22.1. The standard InChI is InChI=1S/C16H24N6O.C2HF3O2/c1-2-16-17-7-14(8-18-16)9-21-5-3-13(4-6-21)10-22-11-15(12-23)19-20-22;3-2(4,5)1(6)7/h7-8,11,13,23H,2-6,9-10,12H2,1H3;(H,6,7). The van der Waals surface area contributed by atoms with Crippen LogP contribution in [-0.2, 0) is 30.9 Å². The molecule has 0 bridgehead atoms. The lowest BCUT2D eigenvalue weighted by molar-refractivity contribution is -0.192. The summed E-state index contributed by atoms with van der Waals surface area (Å²) < 4.78 is 33.6. The highest BCUT2D eigenvalue weighted by Crippen LogP contribution is 2.20. The van der Waals surface area contributed by atoms with E-state index in [1.165, 1.54) is 5.56 Å². The first-order chi connectivity index (χ1) is 14.2. The van der Waals surface area contributed by atoms with Crippen molar-refractivity contribution in [2.45, 2.75) is 52.1 Å². The molecule has 2 aromatic heterocycles. The molecule has 3 heterocycles. The molecule has 0 aliphatic carbocycles. The fourth-order valence-electron chi connectivity index (χ4n) is 3.00. The van der Waals surface area contributed by atoms with Crippen LogP contribution in [0.4, 0.5) is 13.2 Å². The van der Waals surface area contributed by atoms with E-state index < -0.39 is 12.1 Å². The van der Waals surface area contributed by atoms with Gasteiger partial charge in [0.2, 0.25) is 0 Å². The maximum atomic E-state index is 10.6. The average Bonchev–Trinajstić information content (AvgIpc) is 3.17. The number of piperidine rings is 1. The van der Waals surface area contributed by atoms with Crippen LogP contribution in [0, 0.1) is 5.92 Å². The Hall–Kier alpha value is -2.60. The summed E-state index contributed by atoms with van der Waals surface area (Å²) >= 11 is 0. The molecule has 0 atom stereocenters. The second-order valence-corrected chi connectivity index (χ2v) is 6.97. The van der Waals surface area contributed by atoms with Gasteiger partial charge in [0.25, 0.3) is 0 Å². The van der Waals surface area contributed by atoms with Gasteiger partial charge < -0.3 is 10.2 Å². The summed E-state index contributed by atoms with van der Waals surface area (Å²) in [6.07, 6.45) is 3.84. The molecule has 2 aromatic rings. The van der Waals surface area contributed by atoms with E-state index in [1.807, 2.05) is 23.3 Å². The number of aromatic nitrogens is 5. The molecule has 9 nitrogen and oxygen atoms in total. The number of alkyl halides is 3. The third kappa shape index (κ3) is 7.67. The van der Waals surface area contributed by atoms with E-state index in [0.717, 1.165) is 51.3 Å². The number of halogens is 3. The number of rotatable bonds is 6. The molecule has 1 aliphatic rings. The van der Waals surface area contributed by atoms with Gasteiger partial charge in [-0.2, -0.15) is 13.2 Å². The van der Waals surface area contributed by atoms with Crippen LogP contribution in [0.2, 0.25) is 0 Å². The summed E-state index contributed by atoms with van der Waals surface area (Å²) in [7, 11) is 0. The minimum Gasteiger partial charge on any atom is -0.475 e. The van der Waals surface area contributed by atoms with E-state index in [-0.39, 0.29) is 6.61 Å². The molecule has 1 aliphatic heterocycles. The quantitative estimate of drug-likeness (QED) is 0.711. The second kappa shape index (κ2) is 11.0. The number of carboxylic acids is 1. The van der Waals surface area contributed by atoms with Gasteiger partial charge in [-0.1, -0.05) is 12.1 Å². The summed E-state index contributed by atoms with van der Waals surface area (Å²) in [5.41, 5.74) is 1.82. The van der Waals surface area contributed by atoms with Crippen LogP contribution < -0.4 is 0 Å². The van der Waals surface area contributed by atoms with Gasteiger partial charge in [-0.15, -0.1) is 5.10 Å². The van der Waals surface area contributed by atoms with Crippen LogP contribution in [-0.4, -0.2) is 65.3 Å². The highest BCUT2D eigenvalue weighted by atomic mass is 19.4. The van der Waals surface area contributed by atoms with E-state index in [4.69, 9.17) is 15.0 Å². The molecule has 30 heavy (non-hydrogen) atoms. The van der Waals surface area contributed by atoms with Crippen LogP contribution in [0.15, 0.2) is 18.6 Å². The molecule has 0 amide bonds. The normalized spacial score (nSPS) is 15.5. The molecule has 12 heteroatoms. The van der Waals surface area contributed by atoms with Crippen molar-refractivity contribution >= 4 is 5.97 Å². The number of carboxylic acid groups (broad SMARTS) is 1. The van der Waals surface area contributed by atoms with E-state index >= 15 is 0 Å². The number of hydrogen-bond acceptors (Lipinski definition) is 7. The number of nitrogens with zero attached hydrogens (tertiary/aromatic N) is 6. The van der Waals surface area contributed by atoms with Gasteiger partial charge in [0, 0.05) is 37.5 Å². The van der Waals surface area contributed by atoms with Crippen molar-refractivity contribution in [2.75, 3.05) is 13.1 Å². The van der Waals surface area contributed by atoms with Crippen molar-refractivity contribution in [3.8, 4) is 0 Å². The van der Waals surface area contributed by atoms with Crippen molar-refractivity contribution in [2.24, 2.45) is 5.92 Å². The number of aliphatic carboxylic acids is 1. The maximum absolute atomic E-state index is 10.6. The number of likely N-dealkylation sites (tertiary alicyclic amines) is 1. The van der Waals surface area contributed by atoms with Gasteiger partial charge in [0.05, 0.1) is 12.8 Å². The molecule has 0 saturated carbocycles. The Balaban J connectivity index is 0.000000396. The Labute approximate surface area is 171 Å². The zero-order valence-corrected chi connectivity index (χ0v) is 16.6. The number of carbonyl (C=O) groups is 1. The van der Waals surface area contributed by atoms with Gasteiger partial charge in [0.15, 0.2) is 0 Å².